The third kappa shape index (κ3) is 52.2. The van der Waals surface area contributed by atoms with Gasteiger partial charge >= 0.3 is 11.9 Å². The minimum Gasteiger partial charge on any atom is -0.462 e. The van der Waals surface area contributed by atoms with Crippen LogP contribution in [0.25, 0.3) is 0 Å². The van der Waals surface area contributed by atoms with Crippen LogP contribution in [0.2, 0.25) is 0 Å². The van der Waals surface area contributed by atoms with Crippen molar-refractivity contribution in [1.82, 2.24) is 0 Å². The summed E-state index contributed by atoms with van der Waals surface area (Å²) in [6.45, 7) is 7.66. The maximum atomic E-state index is 12.8. The molecule has 0 rings (SSSR count). The van der Waals surface area contributed by atoms with E-state index < -0.39 is 6.10 Å². The Labute approximate surface area is 398 Å². The summed E-state index contributed by atoms with van der Waals surface area (Å²) < 4.78 is 17.4. The standard InChI is InChI=1S/C59H106O5/c1-4-7-10-13-16-19-22-25-27-29-30-31-32-35-37-40-43-46-49-52-58(60)63-56-57(64-59(61)53-50-47-44-41-38-34-24-21-18-15-12-9-6-3)55-62-54-51-48-45-42-39-36-33-28-26-23-20-17-14-11-8-5-2/h9,12,18,21,26,28,34,38,44,47,57H,4-8,10-11,13-17,19-20,22-25,27,29-33,35-37,39-43,45-46,48-56H2,1-3H3/b12-9-,21-18-,28-26-,38-34-,47-44-. The third-order valence-corrected chi connectivity index (χ3v) is 12.1. The first kappa shape index (κ1) is 61.6. The predicted octanol–water partition coefficient (Wildman–Crippen LogP) is 18.9. The van der Waals surface area contributed by atoms with E-state index >= 15 is 0 Å². The number of hydrogen-bond acceptors (Lipinski definition) is 5. The van der Waals surface area contributed by atoms with Crippen molar-refractivity contribution in [2.45, 2.75) is 284 Å². The Morgan fingerprint density at radius 3 is 1.19 bits per heavy atom. The molecule has 372 valence electrons. The zero-order valence-electron chi connectivity index (χ0n) is 42.8. The lowest BCUT2D eigenvalue weighted by Crippen LogP contribution is -2.30. The molecule has 5 heteroatoms. The van der Waals surface area contributed by atoms with Crippen LogP contribution >= 0.6 is 0 Å². The summed E-state index contributed by atoms with van der Waals surface area (Å²) >= 11 is 0. The Kier molecular flexibility index (Phi) is 52.9. The van der Waals surface area contributed by atoms with Gasteiger partial charge in [-0.2, -0.15) is 0 Å². The number of carbonyl (C=O) groups is 2. The Morgan fingerprint density at radius 1 is 0.359 bits per heavy atom. The van der Waals surface area contributed by atoms with Crippen LogP contribution in [0.3, 0.4) is 0 Å². The van der Waals surface area contributed by atoms with E-state index in [2.05, 4.69) is 75.5 Å². The number of rotatable bonds is 51. The zero-order chi connectivity index (χ0) is 46.3. The highest BCUT2D eigenvalue weighted by Gasteiger charge is 2.17. The smallest absolute Gasteiger partial charge is 0.306 e. The van der Waals surface area contributed by atoms with Crippen LogP contribution in [0.5, 0.6) is 0 Å². The first-order chi connectivity index (χ1) is 31.6. The van der Waals surface area contributed by atoms with Gasteiger partial charge in [0.05, 0.1) is 6.61 Å². The second-order valence-corrected chi connectivity index (χ2v) is 18.5. The van der Waals surface area contributed by atoms with Crippen LogP contribution in [0.15, 0.2) is 60.8 Å². The summed E-state index contributed by atoms with van der Waals surface area (Å²) in [6.07, 6.45) is 69.7. The number of hydrogen-bond donors (Lipinski definition) is 0. The molecule has 1 atom stereocenters. The molecular formula is C59H106O5. The molecule has 0 aliphatic carbocycles. The highest BCUT2D eigenvalue weighted by Crippen LogP contribution is 2.16. The fourth-order valence-corrected chi connectivity index (χ4v) is 7.93. The molecular weight excluding hydrogens is 789 g/mol. The molecule has 1 unspecified atom stereocenters. The van der Waals surface area contributed by atoms with Crippen LogP contribution in [0.1, 0.15) is 278 Å². The lowest BCUT2D eigenvalue weighted by molar-refractivity contribution is -0.162. The SMILES string of the molecule is CC/C=C\C/C=C\C/C=C\C/C=C\CCC(=O)OC(COCCCCCCCC/C=C\CCCCCCCC)COC(=O)CCCCCCCCCCCCCCCCCCCCC. The molecule has 0 aromatic rings. The van der Waals surface area contributed by atoms with E-state index in [9.17, 15) is 9.59 Å². The van der Waals surface area contributed by atoms with E-state index in [0.717, 1.165) is 51.4 Å². The van der Waals surface area contributed by atoms with Crippen LogP contribution in [0.4, 0.5) is 0 Å². The summed E-state index contributed by atoms with van der Waals surface area (Å²) in [5, 5.41) is 0. The van der Waals surface area contributed by atoms with Gasteiger partial charge in [0, 0.05) is 19.4 Å². The van der Waals surface area contributed by atoms with Crippen LogP contribution in [0, 0.1) is 0 Å². The molecule has 0 aromatic heterocycles. The van der Waals surface area contributed by atoms with Crippen LogP contribution < -0.4 is 0 Å². The van der Waals surface area contributed by atoms with Crippen molar-refractivity contribution in [3.8, 4) is 0 Å². The van der Waals surface area contributed by atoms with Gasteiger partial charge < -0.3 is 14.2 Å². The molecule has 64 heavy (non-hydrogen) atoms. The summed E-state index contributed by atoms with van der Waals surface area (Å²) in [6, 6.07) is 0. The van der Waals surface area contributed by atoms with Gasteiger partial charge in [0.1, 0.15) is 6.61 Å². The van der Waals surface area contributed by atoms with Gasteiger partial charge in [0.2, 0.25) is 0 Å². The van der Waals surface area contributed by atoms with Crippen molar-refractivity contribution in [2.24, 2.45) is 0 Å². The number of carbonyl (C=O) groups excluding carboxylic acids is 2. The van der Waals surface area contributed by atoms with Gasteiger partial charge in [-0.25, -0.2) is 0 Å². The van der Waals surface area contributed by atoms with Crippen molar-refractivity contribution in [3.63, 3.8) is 0 Å². The number of ether oxygens (including phenoxy) is 3. The molecule has 0 aliphatic rings. The van der Waals surface area contributed by atoms with Crippen molar-refractivity contribution in [3.05, 3.63) is 60.8 Å². The Hall–Kier alpha value is -2.40. The Balaban J connectivity index is 4.28. The molecule has 0 aromatic carbocycles. The van der Waals surface area contributed by atoms with E-state index in [1.165, 1.54) is 186 Å². The van der Waals surface area contributed by atoms with Gasteiger partial charge in [0.15, 0.2) is 6.10 Å². The monoisotopic (exact) mass is 895 g/mol. The topological polar surface area (TPSA) is 61.8 Å². The van der Waals surface area contributed by atoms with Crippen LogP contribution in [-0.4, -0.2) is 37.9 Å². The fraction of sp³-hybridized carbons (Fsp3) is 0.797. The molecule has 5 nitrogen and oxygen atoms in total. The molecule has 0 spiro atoms. The maximum absolute atomic E-state index is 12.8. The van der Waals surface area contributed by atoms with E-state index in [-0.39, 0.29) is 25.2 Å². The molecule has 0 saturated carbocycles. The van der Waals surface area contributed by atoms with Crippen molar-refractivity contribution >= 4 is 11.9 Å². The van der Waals surface area contributed by atoms with E-state index in [1.807, 2.05) is 6.08 Å². The van der Waals surface area contributed by atoms with Crippen molar-refractivity contribution in [1.29, 1.82) is 0 Å². The normalized spacial score (nSPS) is 12.6. The second-order valence-electron chi connectivity index (χ2n) is 18.5. The third-order valence-electron chi connectivity index (χ3n) is 12.1. The molecule has 0 fully saturated rings. The Morgan fingerprint density at radius 2 is 0.734 bits per heavy atom. The molecule has 0 aliphatic heterocycles. The molecule has 0 radical (unpaired) electrons. The van der Waals surface area contributed by atoms with Gasteiger partial charge in [-0.3, -0.25) is 9.59 Å². The van der Waals surface area contributed by atoms with Crippen molar-refractivity contribution < 1.29 is 23.8 Å². The van der Waals surface area contributed by atoms with Gasteiger partial charge in [-0.1, -0.05) is 255 Å². The summed E-state index contributed by atoms with van der Waals surface area (Å²) in [5.74, 6) is -0.482. The number of esters is 2. The highest BCUT2D eigenvalue weighted by molar-refractivity contribution is 5.70. The van der Waals surface area contributed by atoms with E-state index in [1.54, 1.807) is 0 Å². The maximum Gasteiger partial charge on any atom is 0.306 e. The first-order valence-electron chi connectivity index (χ1n) is 27.8. The molecule has 0 saturated heterocycles. The molecule has 0 heterocycles. The van der Waals surface area contributed by atoms with Gasteiger partial charge in [0.25, 0.3) is 0 Å². The lowest BCUT2D eigenvalue weighted by Gasteiger charge is -2.18. The van der Waals surface area contributed by atoms with Crippen LogP contribution in [-0.2, 0) is 23.8 Å². The Bertz CT molecular complexity index is 1100. The van der Waals surface area contributed by atoms with Gasteiger partial charge in [-0.05, 0) is 70.6 Å². The molecule has 0 bridgehead atoms. The number of unbranched alkanes of at least 4 members (excludes halogenated alkanes) is 30. The fourth-order valence-electron chi connectivity index (χ4n) is 7.93. The minimum absolute atomic E-state index is 0.0566. The average molecular weight is 895 g/mol. The summed E-state index contributed by atoms with van der Waals surface area (Å²) in [7, 11) is 0. The second kappa shape index (κ2) is 54.9. The predicted molar refractivity (Wildman–Crippen MR) is 279 cm³/mol. The van der Waals surface area contributed by atoms with E-state index in [0.29, 0.717) is 25.9 Å². The lowest BCUT2D eigenvalue weighted by atomic mass is 10.0. The highest BCUT2D eigenvalue weighted by atomic mass is 16.6. The molecule has 0 amide bonds. The largest absolute Gasteiger partial charge is 0.462 e. The number of allylic oxidation sites excluding steroid dienone is 10. The van der Waals surface area contributed by atoms with Gasteiger partial charge in [-0.15, -0.1) is 0 Å². The van der Waals surface area contributed by atoms with Crippen molar-refractivity contribution in [2.75, 3.05) is 19.8 Å². The quantitative estimate of drug-likeness (QED) is 0.0346. The minimum atomic E-state index is -0.576. The average Bonchev–Trinajstić information content (AvgIpc) is 3.30. The van der Waals surface area contributed by atoms with E-state index in [4.69, 9.17) is 14.2 Å². The summed E-state index contributed by atoms with van der Waals surface area (Å²) in [4.78, 5) is 25.4. The first-order valence-corrected chi connectivity index (χ1v) is 27.8. The summed E-state index contributed by atoms with van der Waals surface area (Å²) in [5.41, 5.74) is 0. The zero-order valence-corrected chi connectivity index (χ0v) is 42.8. The molecule has 0 N–H and O–H groups in total.